The Morgan fingerprint density at radius 2 is 2.04 bits per heavy atom. The van der Waals surface area contributed by atoms with Gasteiger partial charge in [0.1, 0.15) is 5.56 Å². The number of amides is 1. The Hall–Kier alpha value is -1.89. The minimum absolute atomic E-state index is 0.0142. The van der Waals surface area contributed by atoms with E-state index in [1.807, 2.05) is 0 Å². The van der Waals surface area contributed by atoms with Crippen LogP contribution in [0.2, 0.25) is 10.0 Å². The summed E-state index contributed by atoms with van der Waals surface area (Å²) in [5.41, 5.74) is 0.981. The molecule has 1 aromatic carbocycles. The lowest BCUT2D eigenvalue weighted by molar-refractivity contribution is 0.102. The molecule has 1 N–H and O–H groups in total. The third-order valence-electron chi connectivity index (χ3n) is 4.25. The molecule has 0 atom stereocenters. The maximum Gasteiger partial charge on any atom is 0.271 e. The highest BCUT2D eigenvalue weighted by atomic mass is 35.5. The lowest BCUT2D eigenvalue weighted by Crippen LogP contribution is -2.27. The third-order valence-corrected chi connectivity index (χ3v) is 6.22. The molecule has 0 spiro atoms. The minimum Gasteiger partial charge on any atom is -0.320 e. The van der Waals surface area contributed by atoms with Crippen LogP contribution in [-0.4, -0.2) is 15.3 Å². The van der Waals surface area contributed by atoms with E-state index in [1.54, 1.807) is 22.6 Å². The number of aryl methyl sites for hydroxylation is 2. The predicted octanol–water partition coefficient (Wildman–Crippen LogP) is 4.19. The molecule has 0 bridgehead atoms. The topological polar surface area (TPSA) is 63.5 Å². The number of nitrogens with zero attached hydrogens (tertiary/aromatic N) is 2. The molecule has 1 aliphatic carbocycles. The lowest BCUT2D eigenvalue weighted by atomic mass is 10.0. The molecule has 2 heterocycles. The first-order valence-corrected chi connectivity index (χ1v) is 9.41. The number of anilines is 1. The van der Waals surface area contributed by atoms with Gasteiger partial charge in [0.25, 0.3) is 11.5 Å². The number of carbonyl (C=O) groups is 1. The van der Waals surface area contributed by atoms with Crippen LogP contribution in [0.1, 0.15) is 33.8 Å². The van der Waals surface area contributed by atoms with Crippen LogP contribution in [0.25, 0.3) is 4.96 Å². The number of hydrogen-bond acceptors (Lipinski definition) is 4. The summed E-state index contributed by atoms with van der Waals surface area (Å²) in [5.74, 6) is -0.549. The summed E-state index contributed by atoms with van der Waals surface area (Å²) in [6, 6.07) is 4.93. The minimum atomic E-state index is -0.549. The fourth-order valence-electron chi connectivity index (χ4n) is 3.01. The quantitative estimate of drug-likeness (QED) is 0.709. The molecule has 128 valence electrons. The molecule has 0 aliphatic heterocycles. The maximum absolute atomic E-state index is 12.9. The SMILES string of the molecule is O=C(Nc1cccc(Cl)c1Cl)c1cnc2sc3c(n2c1=O)CCCC3. The monoisotopic (exact) mass is 393 g/mol. The molecule has 0 radical (unpaired) electrons. The van der Waals surface area contributed by atoms with E-state index in [1.165, 1.54) is 22.4 Å². The van der Waals surface area contributed by atoms with Crippen molar-refractivity contribution in [3.8, 4) is 0 Å². The third kappa shape index (κ3) is 2.84. The van der Waals surface area contributed by atoms with Crippen molar-refractivity contribution in [3.63, 3.8) is 0 Å². The second kappa shape index (κ2) is 6.44. The number of thiazole rings is 1. The van der Waals surface area contributed by atoms with E-state index in [0.29, 0.717) is 15.7 Å². The first kappa shape index (κ1) is 16.6. The molecule has 5 nitrogen and oxygen atoms in total. The van der Waals surface area contributed by atoms with Gasteiger partial charge in [-0.05, 0) is 37.8 Å². The van der Waals surface area contributed by atoms with Gasteiger partial charge < -0.3 is 5.32 Å². The molecule has 0 unspecified atom stereocenters. The smallest absolute Gasteiger partial charge is 0.271 e. The Balaban J connectivity index is 1.76. The molecule has 1 aliphatic rings. The van der Waals surface area contributed by atoms with Crippen LogP contribution in [0.5, 0.6) is 0 Å². The van der Waals surface area contributed by atoms with Crippen LogP contribution in [0.4, 0.5) is 5.69 Å². The zero-order valence-electron chi connectivity index (χ0n) is 13.0. The zero-order valence-corrected chi connectivity index (χ0v) is 15.3. The van der Waals surface area contributed by atoms with E-state index in [-0.39, 0.29) is 16.1 Å². The summed E-state index contributed by atoms with van der Waals surface area (Å²) >= 11 is 13.6. The van der Waals surface area contributed by atoms with Gasteiger partial charge in [0.2, 0.25) is 0 Å². The highest BCUT2D eigenvalue weighted by Crippen LogP contribution is 2.30. The van der Waals surface area contributed by atoms with E-state index in [4.69, 9.17) is 23.2 Å². The number of hydrogen-bond donors (Lipinski definition) is 1. The van der Waals surface area contributed by atoms with Gasteiger partial charge in [-0.1, -0.05) is 29.3 Å². The molecule has 0 fully saturated rings. The Morgan fingerprint density at radius 1 is 1.24 bits per heavy atom. The second-order valence-corrected chi connectivity index (χ2v) is 7.68. The van der Waals surface area contributed by atoms with Crippen molar-refractivity contribution in [2.24, 2.45) is 0 Å². The van der Waals surface area contributed by atoms with Crippen molar-refractivity contribution in [3.05, 3.63) is 60.9 Å². The van der Waals surface area contributed by atoms with Crippen molar-refractivity contribution >= 4 is 51.1 Å². The summed E-state index contributed by atoms with van der Waals surface area (Å²) in [6.45, 7) is 0. The van der Waals surface area contributed by atoms with Crippen LogP contribution in [-0.2, 0) is 12.8 Å². The summed E-state index contributed by atoms with van der Waals surface area (Å²) in [5, 5.41) is 3.21. The molecular weight excluding hydrogens is 381 g/mol. The summed E-state index contributed by atoms with van der Waals surface area (Å²) < 4.78 is 1.58. The lowest BCUT2D eigenvalue weighted by Gasteiger charge is -2.11. The summed E-state index contributed by atoms with van der Waals surface area (Å²) in [4.78, 5) is 31.6. The van der Waals surface area contributed by atoms with Crippen molar-refractivity contribution in [2.45, 2.75) is 25.7 Å². The van der Waals surface area contributed by atoms with Crippen molar-refractivity contribution in [2.75, 3.05) is 5.32 Å². The summed E-state index contributed by atoms with van der Waals surface area (Å²) in [7, 11) is 0. The van der Waals surface area contributed by atoms with E-state index < -0.39 is 5.91 Å². The zero-order chi connectivity index (χ0) is 17.6. The molecule has 0 saturated carbocycles. The first-order chi connectivity index (χ1) is 12.1. The Labute approximate surface area is 157 Å². The van der Waals surface area contributed by atoms with Gasteiger partial charge in [-0.15, -0.1) is 11.3 Å². The number of halogens is 2. The van der Waals surface area contributed by atoms with Crippen LogP contribution >= 0.6 is 34.5 Å². The highest BCUT2D eigenvalue weighted by Gasteiger charge is 2.21. The van der Waals surface area contributed by atoms with Crippen molar-refractivity contribution < 1.29 is 4.79 Å². The van der Waals surface area contributed by atoms with Gasteiger partial charge >= 0.3 is 0 Å². The van der Waals surface area contributed by atoms with E-state index in [2.05, 4.69) is 10.3 Å². The van der Waals surface area contributed by atoms with E-state index in [9.17, 15) is 9.59 Å². The molecule has 0 saturated heterocycles. The van der Waals surface area contributed by atoms with Gasteiger partial charge in [0.15, 0.2) is 4.96 Å². The van der Waals surface area contributed by atoms with Gasteiger partial charge in [0.05, 0.1) is 15.7 Å². The first-order valence-electron chi connectivity index (χ1n) is 7.84. The number of nitrogens with one attached hydrogen (secondary N) is 1. The average molecular weight is 394 g/mol. The van der Waals surface area contributed by atoms with Crippen molar-refractivity contribution in [1.82, 2.24) is 9.38 Å². The molecule has 2 aromatic heterocycles. The Morgan fingerprint density at radius 3 is 2.88 bits per heavy atom. The number of rotatable bonds is 2. The predicted molar refractivity (Wildman–Crippen MR) is 100 cm³/mol. The number of fused-ring (bicyclic) bond motifs is 3. The highest BCUT2D eigenvalue weighted by molar-refractivity contribution is 7.17. The number of benzene rings is 1. The van der Waals surface area contributed by atoms with E-state index >= 15 is 0 Å². The fraction of sp³-hybridized carbons (Fsp3) is 0.235. The van der Waals surface area contributed by atoms with Gasteiger partial charge in [0, 0.05) is 16.8 Å². The largest absolute Gasteiger partial charge is 0.320 e. The van der Waals surface area contributed by atoms with Gasteiger partial charge in [-0.3, -0.25) is 14.0 Å². The van der Waals surface area contributed by atoms with Crippen LogP contribution in [0.3, 0.4) is 0 Å². The molecule has 25 heavy (non-hydrogen) atoms. The molecule has 4 rings (SSSR count). The fourth-order valence-corrected chi connectivity index (χ4v) is 4.53. The molecule has 8 heteroatoms. The number of carbonyl (C=O) groups excluding carboxylic acids is 1. The van der Waals surface area contributed by atoms with Crippen LogP contribution < -0.4 is 10.9 Å². The second-order valence-electron chi connectivity index (χ2n) is 5.83. The van der Waals surface area contributed by atoms with E-state index in [0.717, 1.165) is 31.4 Å². The van der Waals surface area contributed by atoms with Crippen molar-refractivity contribution in [1.29, 1.82) is 0 Å². The van der Waals surface area contributed by atoms with Crippen LogP contribution in [0, 0.1) is 0 Å². The van der Waals surface area contributed by atoms with Gasteiger partial charge in [-0.25, -0.2) is 4.98 Å². The van der Waals surface area contributed by atoms with Crippen LogP contribution in [0.15, 0.2) is 29.2 Å². The number of aromatic nitrogens is 2. The Bertz CT molecular complexity index is 1060. The normalized spacial score (nSPS) is 13.7. The standard InChI is InChI=1S/C17H13Cl2N3O2S/c18-10-4-3-5-11(14(10)19)21-15(23)9-8-20-17-22(16(9)24)12-6-1-2-7-13(12)25-17/h3-5,8H,1-2,6-7H2,(H,21,23). The maximum atomic E-state index is 12.9. The average Bonchev–Trinajstić information content (AvgIpc) is 2.98. The Kier molecular flexibility index (Phi) is 4.27. The molecular formula is C17H13Cl2N3O2S. The molecule has 3 aromatic rings. The molecule has 1 amide bonds. The van der Waals surface area contributed by atoms with Gasteiger partial charge in [-0.2, -0.15) is 0 Å². The summed E-state index contributed by atoms with van der Waals surface area (Å²) in [6.07, 6.45) is 5.28.